The van der Waals surface area contributed by atoms with E-state index in [4.69, 9.17) is 9.47 Å². The summed E-state index contributed by atoms with van der Waals surface area (Å²) < 4.78 is 11.9. The minimum atomic E-state index is -0.155. The van der Waals surface area contributed by atoms with Crippen molar-refractivity contribution in [1.82, 2.24) is 0 Å². The molecule has 0 aromatic heterocycles. The van der Waals surface area contributed by atoms with Gasteiger partial charge in [0.15, 0.2) is 0 Å². The molecule has 0 heterocycles. The molecule has 3 heteroatoms. The van der Waals surface area contributed by atoms with Crippen LogP contribution in [0, 0.1) is 0 Å². The Balaban J connectivity index is 1.67. The van der Waals surface area contributed by atoms with Gasteiger partial charge in [-0.05, 0) is 48.5 Å². The predicted octanol–water partition coefficient (Wildman–Crippen LogP) is 6.50. The zero-order valence-corrected chi connectivity index (χ0v) is 15.1. The van der Waals surface area contributed by atoms with Crippen LogP contribution < -0.4 is 9.47 Å². The zero-order valence-electron chi connectivity index (χ0n) is 15.1. The molecule has 0 aliphatic heterocycles. The van der Waals surface area contributed by atoms with Gasteiger partial charge in [-0.3, -0.25) is 4.79 Å². The molecule has 0 radical (unpaired) electrons. The van der Waals surface area contributed by atoms with E-state index in [1.807, 2.05) is 84.9 Å². The van der Waals surface area contributed by atoms with Crippen LogP contribution in [0.1, 0.15) is 15.9 Å². The molecule has 136 valence electrons. The highest BCUT2D eigenvalue weighted by Gasteiger charge is 2.19. The van der Waals surface area contributed by atoms with E-state index in [9.17, 15) is 4.79 Å². The second-order valence-electron chi connectivity index (χ2n) is 6.15. The van der Waals surface area contributed by atoms with Crippen LogP contribution >= 0.6 is 0 Å². The number of ether oxygens (including phenoxy) is 2. The average Bonchev–Trinajstić information content (AvgIpc) is 2.76. The summed E-state index contributed by atoms with van der Waals surface area (Å²) >= 11 is 0. The first-order valence-corrected chi connectivity index (χ1v) is 9.00. The molecule has 4 rings (SSSR count). The number of hydrogen-bond acceptors (Lipinski definition) is 3. The van der Waals surface area contributed by atoms with Gasteiger partial charge in [0.25, 0.3) is 0 Å². The molecule has 0 saturated heterocycles. The first-order chi connectivity index (χ1) is 13.8. The third-order valence-corrected chi connectivity index (χ3v) is 4.21. The Morgan fingerprint density at radius 1 is 0.464 bits per heavy atom. The minimum absolute atomic E-state index is 0.155. The summed E-state index contributed by atoms with van der Waals surface area (Å²) in [7, 11) is 0. The summed E-state index contributed by atoms with van der Waals surface area (Å²) in [5.41, 5.74) is 0.964. The van der Waals surface area contributed by atoms with Crippen molar-refractivity contribution in [2.75, 3.05) is 0 Å². The Bertz CT molecular complexity index is 986. The summed E-state index contributed by atoms with van der Waals surface area (Å²) in [6, 6.07) is 33.3. The number of benzene rings is 4. The summed E-state index contributed by atoms with van der Waals surface area (Å²) in [4.78, 5) is 13.3. The first-order valence-electron chi connectivity index (χ1n) is 9.00. The normalized spacial score (nSPS) is 10.3. The Labute approximate surface area is 163 Å². The molecule has 4 aromatic rings. The Kier molecular flexibility index (Phi) is 5.16. The van der Waals surface area contributed by atoms with E-state index in [-0.39, 0.29) is 5.78 Å². The van der Waals surface area contributed by atoms with Gasteiger partial charge in [-0.25, -0.2) is 0 Å². The number of para-hydroxylation sites is 4. The fourth-order valence-corrected chi connectivity index (χ4v) is 2.86. The standard InChI is InChI=1S/C25H18O3/c26-25(21-15-7-9-17-23(21)27-19-11-3-1-4-12-19)22-16-8-10-18-24(22)28-20-13-5-2-6-14-20/h1-18H. The largest absolute Gasteiger partial charge is 0.457 e. The third-order valence-electron chi connectivity index (χ3n) is 4.21. The van der Waals surface area contributed by atoms with Gasteiger partial charge < -0.3 is 9.47 Å². The van der Waals surface area contributed by atoms with Crippen LogP contribution in [0.15, 0.2) is 109 Å². The van der Waals surface area contributed by atoms with Crippen molar-refractivity contribution in [2.24, 2.45) is 0 Å². The van der Waals surface area contributed by atoms with Crippen molar-refractivity contribution in [1.29, 1.82) is 0 Å². The van der Waals surface area contributed by atoms with Crippen molar-refractivity contribution in [3.63, 3.8) is 0 Å². The van der Waals surface area contributed by atoms with Gasteiger partial charge in [0.2, 0.25) is 5.78 Å². The fraction of sp³-hybridized carbons (Fsp3) is 0. The molecular formula is C25H18O3. The lowest BCUT2D eigenvalue weighted by molar-refractivity contribution is 0.103. The van der Waals surface area contributed by atoms with Crippen LogP contribution in [0.2, 0.25) is 0 Å². The van der Waals surface area contributed by atoms with Gasteiger partial charge in [0.1, 0.15) is 23.0 Å². The smallest absolute Gasteiger partial charge is 0.200 e. The van der Waals surface area contributed by atoms with Gasteiger partial charge in [-0.15, -0.1) is 0 Å². The van der Waals surface area contributed by atoms with Crippen molar-refractivity contribution in [3.05, 3.63) is 120 Å². The molecule has 0 bridgehead atoms. The zero-order chi connectivity index (χ0) is 19.2. The quantitative estimate of drug-likeness (QED) is 0.365. The van der Waals surface area contributed by atoms with E-state index >= 15 is 0 Å². The lowest BCUT2D eigenvalue weighted by Gasteiger charge is -2.13. The molecule has 0 amide bonds. The maximum Gasteiger partial charge on any atom is 0.200 e. The van der Waals surface area contributed by atoms with Gasteiger partial charge in [0, 0.05) is 0 Å². The molecule has 0 spiro atoms. The van der Waals surface area contributed by atoms with Crippen LogP contribution in [-0.2, 0) is 0 Å². The molecule has 0 atom stereocenters. The topological polar surface area (TPSA) is 35.5 Å². The summed E-state index contributed by atoms with van der Waals surface area (Å²) in [6.45, 7) is 0. The predicted molar refractivity (Wildman–Crippen MR) is 109 cm³/mol. The summed E-state index contributed by atoms with van der Waals surface area (Å²) in [5.74, 6) is 2.22. The van der Waals surface area contributed by atoms with Gasteiger partial charge in [-0.1, -0.05) is 60.7 Å². The fourth-order valence-electron chi connectivity index (χ4n) is 2.86. The molecule has 0 N–H and O–H groups in total. The molecular weight excluding hydrogens is 348 g/mol. The number of carbonyl (C=O) groups excluding carboxylic acids is 1. The molecule has 0 fully saturated rings. The van der Waals surface area contributed by atoms with E-state index in [0.717, 1.165) is 0 Å². The summed E-state index contributed by atoms with van der Waals surface area (Å²) in [6.07, 6.45) is 0. The maximum absolute atomic E-state index is 13.3. The highest BCUT2D eigenvalue weighted by molar-refractivity contribution is 6.12. The molecule has 0 saturated carbocycles. The Hall–Kier alpha value is -3.85. The number of rotatable bonds is 6. The van der Waals surface area contributed by atoms with Crippen LogP contribution in [0.5, 0.6) is 23.0 Å². The average molecular weight is 366 g/mol. The van der Waals surface area contributed by atoms with E-state index in [0.29, 0.717) is 34.1 Å². The van der Waals surface area contributed by atoms with Crippen LogP contribution in [0.25, 0.3) is 0 Å². The molecule has 0 unspecified atom stereocenters. The highest BCUT2D eigenvalue weighted by Crippen LogP contribution is 2.31. The molecule has 28 heavy (non-hydrogen) atoms. The van der Waals surface area contributed by atoms with Crippen molar-refractivity contribution < 1.29 is 14.3 Å². The monoisotopic (exact) mass is 366 g/mol. The van der Waals surface area contributed by atoms with E-state index < -0.39 is 0 Å². The summed E-state index contributed by atoms with van der Waals surface area (Å²) in [5, 5.41) is 0. The highest BCUT2D eigenvalue weighted by atomic mass is 16.5. The molecule has 4 aromatic carbocycles. The number of ketones is 1. The second kappa shape index (κ2) is 8.23. The van der Waals surface area contributed by atoms with Crippen molar-refractivity contribution in [2.45, 2.75) is 0 Å². The van der Waals surface area contributed by atoms with Gasteiger partial charge >= 0.3 is 0 Å². The van der Waals surface area contributed by atoms with Crippen molar-refractivity contribution >= 4 is 5.78 Å². The van der Waals surface area contributed by atoms with E-state index in [1.54, 1.807) is 24.3 Å². The number of carbonyl (C=O) groups is 1. The van der Waals surface area contributed by atoms with E-state index in [1.165, 1.54) is 0 Å². The van der Waals surface area contributed by atoms with Crippen LogP contribution in [0.4, 0.5) is 0 Å². The Morgan fingerprint density at radius 2 is 0.821 bits per heavy atom. The third kappa shape index (κ3) is 3.94. The van der Waals surface area contributed by atoms with Crippen molar-refractivity contribution in [3.8, 4) is 23.0 Å². The maximum atomic E-state index is 13.3. The SMILES string of the molecule is O=C(c1ccccc1Oc1ccccc1)c1ccccc1Oc1ccccc1. The molecule has 0 aliphatic carbocycles. The van der Waals surface area contributed by atoms with E-state index in [2.05, 4.69) is 0 Å². The van der Waals surface area contributed by atoms with Gasteiger partial charge in [0.05, 0.1) is 11.1 Å². The number of hydrogen-bond donors (Lipinski definition) is 0. The first kappa shape index (κ1) is 17.6. The lowest BCUT2D eigenvalue weighted by Crippen LogP contribution is -2.05. The second-order valence-corrected chi connectivity index (χ2v) is 6.15. The van der Waals surface area contributed by atoms with Crippen LogP contribution in [0.3, 0.4) is 0 Å². The minimum Gasteiger partial charge on any atom is -0.457 e. The van der Waals surface area contributed by atoms with Gasteiger partial charge in [-0.2, -0.15) is 0 Å². The molecule has 0 aliphatic rings. The van der Waals surface area contributed by atoms with Crippen LogP contribution in [-0.4, -0.2) is 5.78 Å². The Morgan fingerprint density at radius 3 is 1.25 bits per heavy atom. The molecule has 3 nitrogen and oxygen atoms in total. The lowest BCUT2D eigenvalue weighted by atomic mass is 10.0.